The number of hydrogen-bond acceptors (Lipinski definition) is 7. The van der Waals surface area contributed by atoms with E-state index in [2.05, 4.69) is 133 Å². The van der Waals surface area contributed by atoms with Crippen molar-refractivity contribution in [3.63, 3.8) is 0 Å². The molecule has 0 spiro atoms. The van der Waals surface area contributed by atoms with Crippen molar-refractivity contribution in [1.82, 2.24) is 15.0 Å². The van der Waals surface area contributed by atoms with Crippen molar-refractivity contribution in [3.05, 3.63) is 211 Å². The van der Waals surface area contributed by atoms with Gasteiger partial charge in [0.2, 0.25) is 0 Å². The van der Waals surface area contributed by atoms with Gasteiger partial charge in [-0.3, -0.25) is 0 Å². The number of hydrogen-bond donors (Lipinski definition) is 0. The first kappa shape index (κ1) is 38.6. The van der Waals surface area contributed by atoms with E-state index in [-0.39, 0.29) is 0 Å². The van der Waals surface area contributed by atoms with Crippen LogP contribution in [0.1, 0.15) is 11.1 Å². The zero-order chi connectivity index (χ0) is 43.0. The first-order valence-corrected chi connectivity index (χ1v) is 22.4. The van der Waals surface area contributed by atoms with Gasteiger partial charge >= 0.3 is 0 Å². The van der Waals surface area contributed by atoms with Gasteiger partial charge in [0.05, 0.1) is 23.3 Å². The van der Waals surface area contributed by atoms with Gasteiger partial charge in [-0.05, 0) is 63.7 Å². The zero-order valence-electron chi connectivity index (χ0n) is 34.1. The average molecular weight is 852 g/mol. The number of nitrogens with zero attached hydrogens (tertiary/aromatic N) is 5. The second kappa shape index (κ2) is 16.5. The predicted molar refractivity (Wildman–Crippen MR) is 264 cm³/mol. The third-order valence-corrected chi connectivity index (χ3v) is 13.8. The monoisotopic (exact) mass is 851 g/mol. The van der Waals surface area contributed by atoms with Crippen LogP contribution in [0.5, 0.6) is 0 Å². The van der Waals surface area contributed by atoms with Gasteiger partial charge in [0, 0.05) is 57.7 Å². The normalized spacial score (nSPS) is 11.1. The number of nitriles is 2. The lowest BCUT2D eigenvalue weighted by molar-refractivity contribution is 1.07. The smallest absolute Gasteiger partial charge is 0.164 e. The van der Waals surface area contributed by atoms with E-state index < -0.39 is 0 Å². The van der Waals surface area contributed by atoms with Crippen LogP contribution in [0.3, 0.4) is 0 Å². The molecule has 298 valence electrons. The van der Waals surface area contributed by atoms with Crippen LogP contribution in [-0.4, -0.2) is 15.0 Å². The molecule has 0 bridgehead atoms. The molecule has 0 saturated carbocycles. The third kappa shape index (κ3) is 7.21. The minimum Gasteiger partial charge on any atom is -0.208 e. The number of thiophene rings is 2. The van der Waals surface area contributed by atoms with E-state index in [0.717, 1.165) is 43.8 Å². The summed E-state index contributed by atoms with van der Waals surface area (Å²) in [5.74, 6) is 1.90. The van der Waals surface area contributed by atoms with E-state index in [4.69, 9.17) is 15.0 Å². The van der Waals surface area contributed by atoms with Gasteiger partial charge in [-0.2, -0.15) is 10.5 Å². The molecule has 8 aromatic carbocycles. The largest absolute Gasteiger partial charge is 0.208 e. The second-order valence-electron chi connectivity index (χ2n) is 15.4. The molecule has 11 rings (SSSR count). The van der Waals surface area contributed by atoms with Crippen LogP contribution in [0.25, 0.3) is 109 Å². The van der Waals surface area contributed by atoms with Crippen molar-refractivity contribution < 1.29 is 0 Å². The summed E-state index contributed by atoms with van der Waals surface area (Å²) in [6, 6.07) is 73.0. The SMILES string of the molecule is N#Cc1cc(C#N)cc(-c2ccc(-c3cc4c(-c5ccccc5)c5sc(-c6ccc(-c7nc(-c8ccccc8)nc(-c8ccccc8)n7)cc6)cc5c(-c5ccccc5)c4s3)cc2)c1. The van der Waals surface area contributed by atoms with Gasteiger partial charge in [-0.1, -0.05) is 170 Å². The van der Waals surface area contributed by atoms with Crippen molar-refractivity contribution in [2.24, 2.45) is 0 Å². The highest BCUT2D eigenvalue weighted by Gasteiger charge is 2.23. The number of fused-ring (bicyclic) bond motifs is 2. The molecule has 0 aliphatic carbocycles. The van der Waals surface area contributed by atoms with Crippen molar-refractivity contribution in [2.75, 3.05) is 0 Å². The topological polar surface area (TPSA) is 86.2 Å². The molecule has 7 heteroatoms. The molecule has 0 unspecified atom stereocenters. The van der Waals surface area contributed by atoms with Crippen molar-refractivity contribution in [2.45, 2.75) is 0 Å². The molecule has 0 aliphatic rings. The first-order chi connectivity index (χ1) is 31.6. The summed E-state index contributed by atoms with van der Waals surface area (Å²) in [5.41, 5.74) is 12.6. The van der Waals surface area contributed by atoms with Crippen LogP contribution in [0.4, 0.5) is 0 Å². The van der Waals surface area contributed by atoms with Gasteiger partial charge in [-0.15, -0.1) is 22.7 Å². The van der Waals surface area contributed by atoms with E-state index in [0.29, 0.717) is 28.6 Å². The van der Waals surface area contributed by atoms with E-state index in [1.165, 1.54) is 47.3 Å². The van der Waals surface area contributed by atoms with Gasteiger partial charge in [0.1, 0.15) is 0 Å². The summed E-state index contributed by atoms with van der Waals surface area (Å²) in [6.07, 6.45) is 0. The molecule has 0 amide bonds. The van der Waals surface area contributed by atoms with E-state index in [1.54, 1.807) is 6.07 Å². The Hall–Kier alpha value is -8.33. The maximum Gasteiger partial charge on any atom is 0.164 e. The Kier molecular flexibility index (Phi) is 9.95. The minimum atomic E-state index is 0.472. The van der Waals surface area contributed by atoms with Gasteiger partial charge in [0.15, 0.2) is 17.5 Å². The molecule has 0 fully saturated rings. The summed E-state index contributed by atoms with van der Waals surface area (Å²) in [7, 11) is 0. The zero-order valence-corrected chi connectivity index (χ0v) is 35.7. The van der Waals surface area contributed by atoms with E-state index >= 15 is 0 Å². The Morgan fingerprint density at radius 1 is 0.312 bits per heavy atom. The molecule has 0 aliphatic heterocycles. The number of rotatable bonds is 8. The summed E-state index contributed by atoms with van der Waals surface area (Å²) >= 11 is 3.64. The van der Waals surface area contributed by atoms with Crippen molar-refractivity contribution in [1.29, 1.82) is 10.5 Å². The summed E-state index contributed by atoms with van der Waals surface area (Å²) in [6.45, 7) is 0. The minimum absolute atomic E-state index is 0.472. The van der Waals surface area contributed by atoms with Crippen molar-refractivity contribution in [3.8, 4) is 101 Å². The third-order valence-electron chi connectivity index (χ3n) is 11.4. The maximum atomic E-state index is 9.59. The molecule has 0 radical (unpaired) electrons. The molecule has 0 atom stereocenters. The lowest BCUT2D eigenvalue weighted by atomic mass is 9.93. The summed E-state index contributed by atoms with van der Waals surface area (Å²) in [5, 5.41) is 21.6. The lowest BCUT2D eigenvalue weighted by Crippen LogP contribution is -2.00. The average Bonchev–Trinajstić information content (AvgIpc) is 4.02. The van der Waals surface area contributed by atoms with Crippen LogP contribution < -0.4 is 0 Å². The van der Waals surface area contributed by atoms with Crippen LogP contribution >= 0.6 is 22.7 Å². The second-order valence-corrected chi connectivity index (χ2v) is 17.5. The molecule has 64 heavy (non-hydrogen) atoms. The van der Waals surface area contributed by atoms with Crippen LogP contribution in [0.15, 0.2) is 200 Å². The lowest BCUT2D eigenvalue weighted by Gasteiger charge is -2.12. The maximum absolute atomic E-state index is 9.59. The van der Waals surface area contributed by atoms with Gasteiger partial charge < -0.3 is 0 Å². The number of benzene rings is 8. The Bertz CT molecular complexity index is 3400. The fraction of sp³-hybridized carbons (Fsp3) is 0. The molecule has 3 heterocycles. The Balaban J connectivity index is 1.04. The summed E-state index contributed by atoms with van der Waals surface area (Å²) < 4.78 is 2.47. The van der Waals surface area contributed by atoms with E-state index in [9.17, 15) is 10.5 Å². The highest BCUT2D eigenvalue weighted by atomic mass is 32.1. The first-order valence-electron chi connectivity index (χ1n) is 20.8. The molecular weight excluding hydrogens is 819 g/mol. The quantitative estimate of drug-likeness (QED) is 0.152. The summed E-state index contributed by atoms with van der Waals surface area (Å²) in [4.78, 5) is 17.2. The standard InChI is InChI=1S/C57H33N5S2/c58-34-36-29-37(35-59)31-46(30-36)38-21-23-39(24-22-38)49-32-47-51(41-13-5-1-6-14-41)54-48(52(53(47)63-49)42-15-7-2-8-16-42)33-50(64-54)40-25-27-45(28-26-40)57-61-55(43-17-9-3-10-18-43)60-56(62-57)44-19-11-4-12-20-44/h1-33H. The van der Waals surface area contributed by atoms with Crippen LogP contribution in [0.2, 0.25) is 0 Å². The van der Waals surface area contributed by atoms with Crippen LogP contribution in [-0.2, 0) is 0 Å². The molecular formula is C57H33N5S2. The highest BCUT2D eigenvalue weighted by molar-refractivity contribution is 7.25. The highest BCUT2D eigenvalue weighted by Crippen LogP contribution is 2.52. The van der Waals surface area contributed by atoms with Gasteiger partial charge in [0.25, 0.3) is 0 Å². The molecule has 0 saturated heterocycles. The van der Waals surface area contributed by atoms with Crippen molar-refractivity contribution >= 4 is 42.8 Å². The van der Waals surface area contributed by atoms with Gasteiger partial charge in [-0.25, -0.2) is 15.0 Å². The van der Waals surface area contributed by atoms with E-state index in [1.807, 2.05) is 95.5 Å². The predicted octanol–water partition coefficient (Wildman–Crippen LogP) is 15.4. The van der Waals surface area contributed by atoms with Crippen LogP contribution in [0, 0.1) is 22.7 Å². The molecule has 0 N–H and O–H groups in total. The number of aromatic nitrogens is 3. The molecule has 5 nitrogen and oxygen atoms in total. The molecule has 3 aromatic heterocycles. The fourth-order valence-electron chi connectivity index (χ4n) is 8.31. The Labute approximate surface area is 378 Å². The molecule has 11 aromatic rings. The Morgan fingerprint density at radius 3 is 1.02 bits per heavy atom. The Morgan fingerprint density at radius 2 is 0.641 bits per heavy atom. The fourth-order valence-corrected chi connectivity index (χ4v) is 10.8.